The number of anilines is 2. The third-order valence-corrected chi connectivity index (χ3v) is 6.42. The Kier molecular flexibility index (Phi) is 7.31. The second-order valence-corrected chi connectivity index (χ2v) is 9.47. The van der Waals surface area contributed by atoms with E-state index in [9.17, 15) is 14.0 Å². The molecule has 0 spiro atoms. The highest BCUT2D eigenvalue weighted by Gasteiger charge is 2.33. The van der Waals surface area contributed by atoms with Gasteiger partial charge >= 0.3 is 0 Å². The molecule has 1 saturated heterocycles. The van der Waals surface area contributed by atoms with Crippen LogP contribution < -0.4 is 15.0 Å². The number of thioether (sulfide) groups is 1. The second-order valence-electron chi connectivity index (χ2n) is 7.39. The lowest BCUT2D eigenvalue weighted by Crippen LogP contribution is -2.27. The Labute approximate surface area is 210 Å². The highest BCUT2D eigenvalue weighted by atomic mass is 35.5. The zero-order valence-electron chi connectivity index (χ0n) is 17.9. The zero-order valence-corrected chi connectivity index (χ0v) is 20.3. The fourth-order valence-electron chi connectivity index (χ4n) is 3.13. The van der Waals surface area contributed by atoms with Crippen molar-refractivity contribution in [2.24, 2.45) is 0 Å². The predicted molar refractivity (Wildman–Crippen MR) is 139 cm³/mol. The van der Waals surface area contributed by atoms with Gasteiger partial charge in [0.1, 0.15) is 11.6 Å². The number of rotatable bonds is 6. The van der Waals surface area contributed by atoms with E-state index in [1.54, 1.807) is 24.3 Å². The summed E-state index contributed by atoms with van der Waals surface area (Å²) in [6.45, 7) is 1.76. The van der Waals surface area contributed by atoms with Crippen molar-refractivity contribution in [1.29, 1.82) is 0 Å². The van der Waals surface area contributed by atoms with Crippen molar-refractivity contribution in [3.63, 3.8) is 0 Å². The fourth-order valence-corrected chi connectivity index (χ4v) is 4.68. The van der Waals surface area contributed by atoms with Crippen LogP contribution in [0.1, 0.15) is 11.1 Å². The number of nitrogens with zero attached hydrogens (tertiary/aromatic N) is 1. The van der Waals surface area contributed by atoms with Gasteiger partial charge in [0.2, 0.25) is 0 Å². The van der Waals surface area contributed by atoms with E-state index in [1.165, 1.54) is 29.2 Å². The van der Waals surface area contributed by atoms with Gasteiger partial charge in [-0.3, -0.25) is 14.5 Å². The monoisotopic (exact) mass is 512 g/mol. The topological polar surface area (TPSA) is 58.6 Å². The molecule has 1 aliphatic rings. The van der Waals surface area contributed by atoms with E-state index in [-0.39, 0.29) is 18.4 Å². The van der Waals surface area contributed by atoms with E-state index in [0.717, 1.165) is 17.3 Å². The molecule has 1 N–H and O–H groups in total. The summed E-state index contributed by atoms with van der Waals surface area (Å²) in [5.41, 5.74) is 2.94. The van der Waals surface area contributed by atoms with Crippen LogP contribution in [0.25, 0.3) is 6.08 Å². The predicted octanol–water partition coefficient (Wildman–Crippen LogP) is 6.21. The summed E-state index contributed by atoms with van der Waals surface area (Å²) >= 11 is 12.8. The summed E-state index contributed by atoms with van der Waals surface area (Å²) in [7, 11) is 0. The van der Waals surface area contributed by atoms with Crippen molar-refractivity contribution >= 4 is 69.2 Å². The first kappa shape index (κ1) is 23.9. The van der Waals surface area contributed by atoms with Gasteiger partial charge in [-0.15, -0.1) is 0 Å². The Balaban J connectivity index is 1.41. The molecule has 3 aromatic carbocycles. The summed E-state index contributed by atoms with van der Waals surface area (Å²) in [6, 6.07) is 18.0. The van der Waals surface area contributed by atoms with E-state index < -0.39 is 5.82 Å². The van der Waals surface area contributed by atoms with Gasteiger partial charge < -0.3 is 10.1 Å². The number of thiocarbonyl (C=S) groups is 1. The molecule has 4 rings (SSSR count). The van der Waals surface area contributed by atoms with E-state index in [4.69, 9.17) is 28.6 Å². The van der Waals surface area contributed by atoms with Crippen molar-refractivity contribution in [3.8, 4) is 5.75 Å². The van der Waals surface area contributed by atoms with Crippen molar-refractivity contribution in [2.45, 2.75) is 6.92 Å². The van der Waals surface area contributed by atoms with E-state index in [0.29, 0.717) is 36.9 Å². The first-order valence-electron chi connectivity index (χ1n) is 10.1. The second kappa shape index (κ2) is 10.4. The molecule has 172 valence electrons. The Morgan fingerprint density at radius 2 is 1.85 bits per heavy atom. The zero-order chi connectivity index (χ0) is 24.2. The molecule has 2 amide bonds. The van der Waals surface area contributed by atoms with Crippen LogP contribution in [0, 0.1) is 12.7 Å². The molecule has 9 heteroatoms. The van der Waals surface area contributed by atoms with Crippen LogP contribution in [0.15, 0.2) is 71.6 Å². The summed E-state index contributed by atoms with van der Waals surface area (Å²) in [5, 5.41) is 3.05. The Morgan fingerprint density at radius 1 is 1.15 bits per heavy atom. The minimum absolute atomic E-state index is 0.205. The van der Waals surface area contributed by atoms with E-state index in [1.807, 2.05) is 31.2 Å². The largest absolute Gasteiger partial charge is 0.482 e. The van der Waals surface area contributed by atoms with Gasteiger partial charge in [0.05, 0.1) is 15.6 Å². The molecular formula is C25H18ClFN2O3S2. The van der Waals surface area contributed by atoms with Crippen LogP contribution in [-0.4, -0.2) is 22.7 Å². The third kappa shape index (κ3) is 5.64. The summed E-state index contributed by atoms with van der Waals surface area (Å²) in [6.07, 6.45) is 1.67. The molecule has 0 atom stereocenters. The van der Waals surface area contributed by atoms with Crippen LogP contribution in [0.4, 0.5) is 15.8 Å². The smallest absolute Gasteiger partial charge is 0.270 e. The van der Waals surface area contributed by atoms with Crippen molar-refractivity contribution < 1.29 is 18.7 Å². The molecule has 5 nitrogen and oxygen atoms in total. The van der Waals surface area contributed by atoms with Crippen LogP contribution in [0.5, 0.6) is 5.75 Å². The number of carbonyl (C=O) groups excluding carboxylic acids is 2. The number of halogens is 2. The number of aryl methyl sites for hydroxylation is 1. The molecule has 1 aliphatic heterocycles. The van der Waals surface area contributed by atoms with Gasteiger partial charge in [-0.25, -0.2) is 4.39 Å². The highest BCUT2D eigenvalue weighted by molar-refractivity contribution is 8.27. The Morgan fingerprint density at radius 3 is 2.53 bits per heavy atom. The van der Waals surface area contributed by atoms with Gasteiger partial charge in [-0.2, -0.15) is 0 Å². The first-order chi connectivity index (χ1) is 16.3. The minimum atomic E-state index is -0.394. The molecule has 0 unspecified atom stereocenters. The quantitative estimate of drug-likeness (QED) is 0.314. The van der Waals surface area contributed by atoms with Gasteiger partial charge in [-0.1, -0.05) is 59.3 Å². The van der Waals surface area contributed by atoms with Gasteiger partial charge in [0.25, 0.3) is 11.8 Å². The van der Waals surface area contributed by atoms with Gasteiger partial charge in [0, 0.05) is 5.69 Å². The van der Waals surface area contributed by atoms with Crippen LogP contribution in [-0.2, 0) is 9.59 Å². The summed E-state index contributed by atoms with van der Waals surface area (Å²) < 4.78 is 19.1. The summed E-state index contributed by atoms with van der Waals surface area (Å²) in [5.74, 6) is -0.662. The molecule has 0 saturated carbocycles. The standard InChI is InChI=1S/C25H18ClFN2O3S2/c1-15-2-7-18(8-3-15)28-23(30)14-32-21-11-4-16(12-20(21)26)13-22-24(31)29(25(33)34-22)19-9-5-17(27)6-10-19/h2-13H,14H2,1H3,(H,28,30)/b22-13-. The van der Waals surface area contributed by atoms with Crippen molar-refractivity contribution in [3.05, 3.63) is 93.6 Å². The van der Waals surface area contributed by atoms with E-state index in [2.05, 4.69) is 5.32 Å². The Bertz CT molecular complexity index is 1290. The molecular weight excluding hydrogens is 495 g/mol. The van der Waals surface area contributed by atoms with Crippen LogP contribution >= 0.6 is 35.6 Å². The lowest BCUT2D eigenvalue weighted by Gasteiger charge is -2.14. The van der Waals surface area contributed by atoms with Crippen molar-refractivity contribution in [2.75, 3.05) is 16.8 Å². The van der Waals surface area contributed by atoms with Gasteiger partial charge in [-0.05, 0) is 67.1 Å². The van der Waals surface area contributed by atoms with Crippen LogP contribution in [0.2, 0.25) is 5.02 Å². The number of hydrogen-bond acceptors (Lipinski definition) is 5. The Hall–Kier alpha value is -3.20. The number of hydrogen-bond donors (Lipinski definition) is 1. The average Bonchev–Trinajstić information content (AvgIpc) is 3.08. The normalized spacial score (nSPS) is 14.6. The molecule has 3 aromatic rings. The molecule has 0 radical (unpaired) electrons. The summed E-state index contributed by atoms with van der Waals surface area (Å²) in [4.78, 5) is 26.8. The average molecular weight is 513 g/mol. The third-order valence-electron chi connectivity index (χ3n) is 4.83. The number of benzene rings is 3. The molecule has 1 heterocycles. The van der Waals surface area contributed by atoms with Crippen LogP contribution in [0.3, 0.4) is 0 Å². The highest BCUT2D eigenvalue weighted by Crippen LogP contribution is 2.36. The SMILES string of the molecule is Cc1ccc(NC(=O)COc2ccc(/C=C3\SC(=S)N(c4ccc(F)cc4)C3=O)cc2Cl)cc1. The molecule has 1 fully saturated rings. The minimum Gasteiger partial charge on any atom is -0.482 e. The number of nitrogens with one attached hydrogen (secondary N) is 1. The maximum absolute atomic E-state index is 13.2. The maximum atomic E-state index is 13.2. The van der Waals surface area contributed by atoms with Crippen molar-refractivity contribution in [1.82, 2.24) is 0 Å². The van der Waals surface area contributed by atoms with E-state index >= 15 is 0 Å². The van der Waals surface area contributed by atoms with Gasteiger partial charge in [0.15, 0.2) is 10.9 Å². The fraction of sp³-hybridized carbons (Fsp3) is 0.0800. The molecule has 0 aliphatic carbocycles. The maximum Gasteiger partial charge on any atom is 0.270 e. The number of ether oxygens (including phenoxy) is 1. The number of carbonyl (C=O) groups is 2. The number of amides is 2. The first-order valence-corrected chi connectivity index (χ1v) is 11.7. The molecule has 34 heavy (non-hydrogen) atoms. The molecule has 0 bridgehead atoms. The molecule has 0 aromatic heterocycles. The lowest BCUT2D eigenvalue weighted by atomic mass is 10.2. The lowest BCUT2D eigenvalue weighted by molar-refractivity contribution is -0.118.